The van der Waals surface area contributed by atoms with Crippen molar-refractivity contribution in [3.8, 4) is 5.75 Å². The number of anilines is 1. The first-order valence-corrected chi connectivity index (χ1v) is 10.6. The molecule has 0 N–H and O–H groups in total. The molecule has 0 fully saturated rings. The quantitative estimate of drug-likeness (QED) is 0.298. The zero-order valence-corrected chi connectivity index (χ0v) is 16.3. The molecule has 0 atom stereocenters. The van der Waals surface area contributed by atoms with Gasteiger partial charge in [0.1, 0.15) is 5.75 Å². The van der Waals surface area contributed by atoms with E-state index in [4.69, 9.17) is 4.74 Å². The van der Waals surface area contributed by atoms with Crippen molar-refractivity contribution in [1.82, 2.24) is 4.98 Å². The molecule has 2 aromatic carbocycles. The van der Waals surface area contributed by atoms with Crippen LogP contribution in [0.2, 0.25) is 0 Å². The molecule has 0 amide bonds. The molecule has 0 aliphatic heterocycles. The minimum Gasteiger partial charge on any atom is -0.494 e. The molecule has 0 saturated carbocycles. The Balaban J connectivity index is 1.65. The average molecular weight is 419 g/mol. The zero-order chi connectivity index (χ0) is 20.0. The van der Waals surface area contributed by atoms with E-state index in [2.05, 4.69) is 4.98 Å². The second-order valence-electron chi connectivity index (χ2n) is 5.66. The van der Waals surface area contributed by atoms with E-state index in [1.807, 2.05) is 0 Å². The maximum absolute atomic E-state index is 13.0. The van der Waals surface area contributed by atoms with Gasteiger partial charge in [-0.05, 0) is 24.3 Å². The summed E-state index contributed by atoms with van der Waals surface area (Å²) in [5.41, 5.74) is -0.0174. The van der Waals surface area contributed by atoms with E-state index < -0.39 is 14.9 Å². The molecule has 8 nitrogen and oxygen atoms in total. The smallest absolute Gasteiger partial charge is 0.269 e. The second-order valence-corrected chi connectivity index (χ2v) is 8.39. The lowest BCUT2D eigenvalue weighted by Gasteiger charge is -2.21. The Morgan fingerprint density at radius 2 is 1.82 bits per heavy atom. The number of non-ortho nitro benzene ring substituents is 1. The molecule has 0 unspecified atom stereocenters. The van der Waals surface area contributed by atoms with Crippen LogP contribution in [0.15, 0.2) is 71.1 Å². The van der Waals surface area contributed by atoms with Crippen LogP contribution in [0.5, 0.6) is 5.75 Å². The van der Waals surface area contributed by atoms with E-state index >= 15 is 0 Å². The number of nitro groups is 1. The number of hydrogen-bond donors (Lipinski definition) is 0. The summed E-state index contributed by atoms with van der Waals surface area (Å²) in [6.07, 6.45) is 1.98. The lowest BCUT2D eigenvalue weighted by atomic mass is 10.3. The van der Waals surface area contributed by atoms with Gasteiger partial charge in [0.2, 0.25) is 0 Å². The fraction of sp³-hybridized carbons (Fsp3) is 0.167. The zero-order valence-electron chi connectivity index (χ0n) is 14.7. The van der Waals surface area contributed by atoms with Gasteiger partial charge in [-0.25, -0.2) is 17.7 Å². The molecule has 0 aliphatic rings. The Morgan fingerprint density at radius 3 is 2.43 bits per heavy atom. The molecular weight excluding hydrogens is 402 g/mol. The van der Waals surface area contributed by atoms with Gasteiger partial charge in [-0.1, -0.05) is 18.2 Å². The van der Waals surface area contributed by atoms with E-state index in [9.17, 15) is 18.5 Å². The highest BCUT2D eigenvalue weighted by Crippen LogP contribution is 2.26. The highest BCUT2D eigenvalue weighted by molar-refractivity contribution is 7.93. The van der Waals surface area contributed by atoms with Crippen LogP contribution in [0.4, 0.5) is 10.8 Å². The molecule has 1 aromatic heterocycles. The number of aromatic nitrogens is 1. The molecule has 3 aromatic rings. The minimum absolute atomic E-state index is 0.0174. The summed E-state index contributed by atoms with van der Waals surface area (Å²) in [5, 5.41) is 12.8. The molecule has 0 bridgehead atoms. The fourth-order valence-corrected chi connectivity index (χ4v) is 4.81. The van der Waals surface area contributed by atoms with Gasteiger partial charge in [0.25, 0.3) is 15.7 Å². The molecule has 28 heavy (non-hydrogen) atoms. The Bertz CT molecular complexity index is 1010. The normalized spacial score (nSPS) is 11.1. The van der Waals surface area contributed by atoms with Crippen LogP contribution in [0, 0.1) is 10.1 Å². The first kappa shape index (κ1) is 19.8. The number of nitro benzene ring substituents is 1. The molecule has 3 rings (SSSR count). The maximum Gasteiger partial charge on any atom is 0.269 e. The van der Waals surface area contributed by atoms with Gasteiger partial charge >= 0.3 is 0 Å². The van der Waals surface area contributed by atoms with E-state index in [1.165, 1.54) is 39.9 Å². The molecule has 0 radical (unpaired) electrons. The standard InChI is InChI=1S/C18H17N3O5S2/c22-21(23)15-7-9-16(10-8-15)26-13-4-12-20(18-19-11-14-27-18)28(24,25)17-5-2-1-3-6-17/h1-3,5-11,14H,4,12-13H2. The summed E-state index contributed by atoms with van der Waals surface area (Å²) in [6.45, 7) is 0.446. The fourth-order valence-electron chi connectivity index (χ4n) is 2.44. The third-order valence-corrected chi connectivity index (χ3v) is 6.50. The number of thiazole rings is 1. The third-order valence-electron chi connectivity index (χ3n) is 3.79. The van der Waals surface area contributed by atoms with Gasteiger partial charge in [-0.3, -0.25) is 10.1 Å². The van der Waals surface area contributed by atoms with Gasteiger partial charge < -0.3 is 4.74 Å². The van der Waals surface area contributed by atoms with Gasteiger partial charge in [0, 0.05) is 36.7 Å². The number of benzene rings is 2. The lowest BCUT2D eigenvalue weighted by Crippen LogP contribution is -2.32. The number of rotatable bonds is 9. The molecule has 0 spiro atoms. The summed E-state index contributed by atoms with van der Waals surface area (Å²) in [7, 11) is -3.73. The van der Waals surface area contributed by atoms with E-state index in [1.54, 1.807) is 41.9 Å². The van der Waals surface area contributed by atoms with E-state index in [-0.39, 0.29) is 23.7 Å². The summed E-state index contributed by atoms with van der Waals surface area (Å²) in [6, 6.07) is 13.9. The van der Waals surface area contributed by atoms with Crippen LogP contribution < -0.4 is 9.04 Å². The summed E-state index contributed by atoms with van der Waals surface area (Å²) in [4.78, 5) is 14.5. The number of ether oxygens (including phenoxy) is 1. The Kier molecular flexibility index (Phi) is 6.22. The minimum atomic E-state index is -3.73. The van der Waals surface area contributed by atoms with Crippen molar-refractivity contribution in [3.05, 3.63) is 76.3 Å². The monoisotopic (exact) mass is 419 g/mol. The average Bonchev–Trinajstić information content (AvgIpc) is 3.23. The molecule has 10 heteroatoms. The van der Waals surface area contributed by atoms with Gasteiger partial charge in [0.15, 0.2) is 5.13 Å². The van der Waals surface area contributed by atoms with Crippen molar-refractivity contribution in [2.45, 2.75) is 11.3 Å². The van der Waals surface area contributed by atoms with Crippen LogP contribution in [0.3, 0.4) is 0 Å². The van der Waals surface area contributed by atoms with Crippen LogP contribution >= 0.6 is 11.3 Å². The van der Waals surface area contributed by atoms with Crippen LogP contribution in [0.25, 0.3) is 0 Å². The first-order chi connectivity index (χ1) is 13.5. The van der Waals surface area contributed by atoms with Crippen LogP contribution in [0.1, 0.15) is 6.42 Å². The van der Waals surface area contributed by atoms with Crippen LogP contribution in [-0.4, -0.2) is 31.5 Å². The Morgan fingerprint density at radius 1 is 1.11 bits per heavy atom. The van der Waals surface area contributed by atoms with Crippen molar-refractivity contribution in [2.75, 3.05) is 17.5 Å². The van der Waals surface area contributed by atoms with Crippen LogP contribution in [-0.2, 0) is 10.0 Å². The lowest BCUT2D eigenvalue weighted by molar-refractivity contribution is -0.384. The van der Waals surface area contributed by atoms with Gasteiger partial charge in [0.05, 0.1) is 16.4 Å². The molecule has 0 saturated heterocycles. The van der Waals surface area contributed by atoms with Gasteiger partial charge in [-0.15, -0.1) is 11.3 Å². The molecule has 1 heterocycles. The molecule has 0 aliphatic carbocycles. The van der Waals surface area contributed by atoms with E-state index in [0.29, 0.717) is 17.3 Å². The maximum atomic E-state index is 13.0. The summed E-state index contributed by atoms with van der Waals surface area (Å²) in [5.74, 6) is 0.484. The first-order valence-electron chi connectivity index (χ1n) is 8.33. The highest BCUT2D eigenvalue weighted by atomic mass is 32.2. The number of hydrogen-bond acceptors (Lipinski definition) is 7. The summed E-state index contributed by atoms with van der Waals surface area (Å²) < 4.78 is 32.8. The van der Waals surface area contributed by atoms with Crippen molar-refractivity contribution < 1.29 is 18.1 Å². The molecular formula is C18H17N3O5S2. The van der Waals surface area contributed by atoms with E-state index in [0.717, 1.165) is 0 Å². The van der Waals surface area contributed by atoms with Gasteiger partial charge in [-0.2, -0.15) is 0 Å². The molecule has 146 valence electrons. The van der Waals surface area contributed by atoms with Crippen molar-refractivity contribution in [3.63, 3.8) is 0 Å². The Hall–Kier alpha value is -2.98. The summed E-state index contributed by atoms with van der Waals surface area (Å²) >= 11 is 1.24. The highest BCUT2D eigenvalue weighted by Gasteiger charge is 2.26. The predicted octanol–water partition coefficient (Wildman–Crippen LogP) is 3.72. The SMILES string of the molecule is O=[N+]([O-])c1ccc(OCCCN(c2nccs2)S(=O)(=O)c2ccccc2)cc1. The third kappa shape index (κ3) is 4.65. The number of nitrogens with zero attached hydrogens (tertiary/aromatic N) is 3. The van der Waals surface area contributed by atoms with Crippen molar-refractivity contribution in [1.29, 1.82) is 0 Å². The second kappa shape index (κ2) is 8.81. The van der Waals surface area contributed by atoms with Crippen molar-refractivity contribution >= 4 is 32.2 Å². The Labute approximate surface area is 166 Å². The van der Waals surface area contributed by atoms with Crippen molar-refractivity contribution in [2.24, 2.45) is 0 Å². The number of sulfonamides is 1. The largest absolute Gasteiger partial charge is 0.494 e. The topological polar surface area (TPSA) is 103 Å². The predicted molar refractivity (Wildman–Crippen MR) is 106 cm³/mol.